The van der Waals surface area contributed by atoms with Crippen LogP contribution in [0, 0.1) is 0 Å². The van der Waals surface area contributed by atoms with E-state index in [2.05, 4.69) is 13.8 Å². The van der Waals surface area contributed by atoms with Gasteiger partial charge in [0, 0.05) is 0 Å². The molecule has 7 heavy (non-hydrogen) atoms. The Morgan fingerprint density at radius 1 is 1.00 bits per heavy atom. The monoisotopic (exact) mass is 116 g/mol. The van der Waals surface area contributed by atoms with E-state index in [1.807, 2.05) is 0 Å². The molecule has 0 spiro atoms. The smallest absolute Gasteiger partial charge is 1.00 e. The average molecular weight is 116 g/mol. The normalized spacial score (nSPS) is 7.71. The van der Waals surface area contributed by atoms with Crippen LogP contribution in [0.3, 0.4) is 0 Å². The van der Waals surface area contributed by atoms with E-state index in [0.29, 0.717) is 0 Å². The van der Waals surface area contributed by atoms with Crippen LogP contribution in [-0.2, 0) is 0 Å². The molecular formula is C6H17Al. The van der Waals surface area contributed by atoms with Crippen LogP contribution in [0.5, 0.6) is 0 Å². The Kier molecular flexibility index (Phi) is 14.6. The van der Waals surface area contributed by atoms with Gasteiger partial charge in [-0.1, -0.05) is 39.5 Å². The van der Waals surface area contributed by atoms with Gasteiger partial charge < -0.3 is 4.28 Å². The third-order valence-electron chi connectivity index (χ3n) is 0.957. The van der Waals surface area contributed by atoms with Crippen LogP contribution >= 0.6 is 0 Å². The van der Waals surface area contributed by atoms with Crippen molar-refractivity contribution in [3.05, 3.63) is 0 Å². The summed E-state index contributed by atoms with van der Waals surface area (Å²) in [6.45, 7) is 4.46. The predicted molar refractivity (Wildman–Crippen MR) is 38.9 cm³/mol. The van der Waals surface area contributed by atoms with Crippen LogP contribution in [-0.4, -0.2) is 17.4 Å². The van der Waals surface area contributed by atoms with Crippen LogP contribution in [0.25, 0.3) is 0 Å². The molecule has 0 unspecified atom stereocenters. The molecule has 0 N–H and O–H groups in total. The summed E-state index contributed by atoms with van der Waals surface area (Å²) < 4.78 is 0. The second kappa shape index (κ2) is 9.73. The molecule has 0 bridgehead atoms. The van der Waals surface area contributed by atoms with Gasteiger partial charge in [0.15, 0.2) is 0 Å². The zero-order valence-electron chi connectivity index (χ0n) is 8.41. The molecule has 0 nitrogen and oxygen atoms in total. The molecule has 0 saturated carbocycles. The van der Waals surface area contributed by atoms with E-state index in [1.54, 1.807) is 0 Å². The second-order valence-corrected chi connectivity index (χ2v) is 1.71. The second-order valence-electron chi connectivity index (χ2n) is 1.71. The molecular weight excluding hydrogens is 99.0 g/mol. The average Bonchev–Trinajstić information content (AvgIpc) is 1.61. The maximum atomic E-state index is 2.23. The number of rotatable bonds is 3. The molecule has 0 aliphatic heterocycles. The van der Waals surface area contributed by atoms with Crippen LogP contribution in [0.15, 0.2) is 0 Å². The van der Waals surface area contributed by atoms with Gasteiger partial charge in [0.05, 0.1) is 0 Å². The topological polar surface area (TPSA) is 0 Å². The number of unbranched alkanes of at least 4 members (excludes halogenated alkanes) is 3. The first-order valence-electron chi connectivity index (χ1n) is 2.91. The first-order chi connectivity index (χ1) is 2.91. The van der Waals surface area contributed by atoms with Crippen molar-refractivity contribution in [2.75, 3.05) is 0 Å². The van der Waals surface area contributed by atoms with Gasteiger partial charge >= 0.3 is 17.4 Å². The van der Waals surface area contributed by atoms with Crippen molar-refractivity contribution < 1.29 is 4.28 Å². The van der Waals surface area contributed by atoms with Crippen molar-refractivity contribution in [1.29, 1.82) is 0 Å². The van der Waals surface area contributed by atoms with Gasteiger partial charge in [-0.25, -0.2) is 0 Å². The van der Waals surface area contributed by atoms with Crippen LogP contribution in [0.1, 0.15) is 43.8 Å². The third-order valence-corrected chi connectivity index (χ3v) is 0.957. The molecule has 0 aromatic carbocycles. The minimum Gasteiger partial charge on any atom is -1.00 e. The number of hydrogen-bond donors (Lipinski definition) is 0. The maximum Gasteiger partial charge on any atom is 3.00 e. The zero-order chi connectivity index (χ0) is 4.83. The summed E-state index contributed by atoms with van der Waals surface area (Å²) in [5.74, 6) is 0. The van der Waals surface area contributed by atoms with E-state index in [9.17, 15) is 0 Å². The quantitative estimate of drug-likeness (QED) is 0.392. The van der Waals surface area contributed by atoms with Crippen molar-refractivity contribution in [3.8, 4) is 0 Å². The van der Waals surface area contributed by atoms with Gasteiger partial charge in [-0.05, 0) is 0 Å². The fourth-order valence-electron chi connectivity index (χ4n) is 0.500. The van der Waals surface area contributed by atoms with E-state index in [1.165, 1.54) is 25.7 Å². The Morgan fingerprint density at radius 3 is 1.43 bits per heavy atom. The van der Waals surface area contributed by atoms with Gasteiger partial charge in [0.25, 0.3) is 0 Å². The molecule has 0 aliphatic rings. The Hall–Kier alpha value is 0.532. The van der Waals surface area contributed by atoms with Crippen molar-refractivity contribution in [1.82, 2.24) is 0 Å². The molecule has 0 aromatic heterocycles. The molecule has 0 fully saturated rings. The summed E-state index contributed by atoms with van der Waals surface area (Å²) in [6.07, 6.45) is 5.54. The molecule has 0 aromatic rings. The first kappa shape index (κ1) is 10.5. The van der Waals surface area contributed by atoms with E-state index in [-0.39, 0.29) is 21.6 Å². The maximum absolute atomic E-state index is 2.23. The summed E-state index contributed by atoms with van der Waals surface area (Å²) >= 11 is 0. The number of hydrogen-bond acceptors (Lipinski definition) is 0. The molecule has 0 amide bonds. The molecule has 0 radical (unpaired) electrons. The van der Waals surface area contributed by atoms with Crippen molar-refractivity contribution >= 4 is 17.4 Å². The fraction of sp³-hybridized carbons (Fsp3) is 1.00. The van der Waals surface area contributed by atoms with E-state index in [0.717, 1.165) is 0 Å². The minimum absolute atomic E-state index is 0. The molecule has 0 heterocycles. The summed E-state index contributed by atoms with van der Waals surface area (Å²) in [4.78, 5) is 0. The standard InChI is InChI=1S/C6H14.Al.3H/c1-3-5-6-4-2;;;;/h3-6H2,1-2H3;;;;/q;+3;3*-1. The van der Waals surface area contributed by atoms with Crippen LogP contribution in [0.2, 0.25) is 0 Å². The van der Waals surface area contributed by atoms with Crippen molar-refractivity contribution in [3.63, 3.8) is 0 Å². The van der Waals surface area contributed by atoms with Gasteiger partial charge in [0.1, 0.15) is 0 Å². The van der Waals surface area contributed by atoms with Gasteiger partial charge in [0.2, 0.25) is 0 Å². The SMILES string of the molecule is CCCCCC.[Al+3].[H-].[H-].[H-]. The fourth-order valence-corrected chi connectivity index (χ4v) is 0.500. The van der Waals surface area contributed by atoms with Gasteiger partial charge in [-0.3, -0.25) is 0 Å². The van der Waals surface area contributed by atoms with Gasteiger partial charge in [-0.2, -0.15) is 0 Å². The molecule has 1 heteroatoms. The van der Waals surface area contributed by atoms with E-state index in [4.69, 9.17) is 0 Å². The van der Waals surface area contributed by atoms with Crippen molar-refractivity contribution in [2.45, 2.75) is 39.5 Å². The summed E-state index contributed by atoms with van der Waals surface area (Å²) in [5, 5.41) is 0. The first-order valence-corrected chi connectivity index (χ1v) is 2.91. The molecule has 0 rings (SSSR count). The predicted octanol–water partition coefficient (Wildman–Crippen LogP) is 2.54. The molecule has 0 saturated heterocycles. The summed E-state index contributed by atoms with van der Waals surface area (Å²) in [6, 6.07) is 0. The Bertz CT molecular complexity index is 25.0. The molecule has 44 valence electrons. The Labute approximate surface area is 61.9 Å². The Balaban J connectivity index is -0.0000000208. The molecule has 0 atom stereocenters. The van der Waals surface area contributed by atoms with Crippen molar-refractivity contribution in [2.24, 2.45) is 0 Å². The zero-order valence-corrected chi connectivity index (χ0v) is 6.56. The molecule has 0 aliphatic carbocycles. The van der Waals surface area contributed by atoms with Crippen LogP contribution < -0.4 is 0 Å². The van der Waals surface area contributed by atoms with Gasteiger partial charge in [-0.15, -0.1) is 0 Å². The van der Waals surface area contributed by atoms with Crippen LogP contribution in [0.4, 0.5) is 0 Å². The summed E-state index contributed by atoms with van der Waals surface area (Å²) in [5.41, 5.74) is 0. The van der Waals surface area contributed by atoms with E-state index >= 15 is 0 Å². The minimum atomic E-state index is 0. The Morgan fingerprint density at radius 2 is 1.29 bits per heavy atom. The largest absolute Gasteiger partial charge is 3.00 e. The van der Waals surface area contributed by atoms with E-state index < -0.39 is 0 Å². The summed E-state index contributed by atoms with van der Waals surface area (Å²) in [7, 11) is 0. The third kappa shape index (κ3) is 10.8.